The minimum Gasteiger partial charge on any atom is -0.435 e. The molecule has 2 aromatic rings. The number of hydrogen-bond donors (Lipinski definition) is 2. The Morgan fingerprint density at radius 1 is 1.16 bits per heavy atom. The number of ether oxygens (including phenoxy) is 1. The Morgan fingerprint density at radius 2 is 1.76 bits per heavy atom. The van der Waals surface area contributed by atoms with Gasteiger partial charge in [-0.1, -0.05) is 11.6 Å². The number of amides is 1. The lowest BCUT2D eigenvalue weighted by molar-refractivity contribution is -0.907. The Balaban J connectivity index is 1.91. The lowest BCUT2D eigenvalue weighted by atomic mass is 10.1. The summed E-state index contributed by atoms with van der Waals surface area (Å²) in [5.41, 5.74) is 1.60. The molecule has 0 aliphatic heterocycles. The molecule has 2 atom stereocenters. The van der Waals surface area contributed by atoms with E-state index in [0.717, 1.165) is 10.5 Å². The highest BCUT2D eigenvalue weighted by molar-refractivity contribution is 6.30. The summed E-state index contributed by atoms with van der Waals surface area (Å²) >= 11 is 5.82. The van der Waals surface area contributed by atoms with E-state index in [1.807, 2.05) is 14.0 Å². The van der Waals surface area contributed by atoms with Gasteiger partial charge in [0, 0.05) is 16.3 Å². The topological polar surface area (TPSA) is 42.8 Å². The lowest BCUT2D eigenvalue weighted by Crippen LogP contribution is -3.12. The highest BCUT2D eigenvalue weighted by Crippen LogP contribution is 2.15. The number of rotatable bonds is 7. The first-order chi connectivity index (χ1) is 11.8. The van der Waals surface area contributed by atoms with Crippen molar-refractivity contribution in [2.24, 2.45) is 0 Å². The molecule has 0 aliphatic carbocycles. The van der Waals surface area contributed by atoms with Gasteiger partial charge in [0.05, 0.1) is 7.05 Å². The fourth-order valence-electron chi connectivity index (χ4n) is 2.27. The van der Waals surface area contributed by atoms with Crippen molar-refractivity contribution in [3.63, 3.8) is 0 Å². The van der Waals surface area contributed by atoms with Crippen LogP contribution in [0.5, 0.6) is 5.75 Å². The van der Waals surface area contributed by atoms with Crippen molar-refractivity contribution >= 4 is 23.2 Å². The molecule has 1 amide bonds. The average molecular weight is 370 g/mol. The Hall–Kier alpha value is -2.18. The standard InChI is InChI=1S/C18H19ClF2N2O2/c1-12(17(24)22-15-7-5-14(19)6-8-15)23(2)11-13-3-9-16(10-4-13)25-18(20)21/h3-10,12,18H,11H2,1-2H3,(H,22,24)/p+1/t12-/m1/s1. The molecule has 2 rings (SSSR count). The van der Waals surface area contributed by atoms with Crippen LogP contribution in [0, 0.1) is 0 Å². The number of benzene rings is 2. The van der Waals surface area contributed by atoms with Gasteiger partial charge in [-0.3, -0.25) is 4.79 Å². The molecule has 0 radical (unpaired) electrons. The van der Waals surface area contributed by atoms with Crippen molar-refractivity contribution in [2.75, 3.05) is 12.4 Å². The molecular formula is C18H20ClF2N2O2+. The van der Waals surface area contributed by atoms with E-state index in [2.05, 4.69) is 10.1 Å². The zero-order valence-electron chi connectivity index (χ0n) is 13.9. The van der Waals surface area contributed by atoms with Crippen molar-refractivity contribution < 1.29 is 23.2 Å². The zero-order chi connectivity index (χ0) is 18.4. The maximum Gasteiger partial charge on any atom is 0.387 e. The first-order valence-electron chi connectivity index (χ1n) is 7.77. The number of nitrogens with one attached hydrogen (secondary N) is 2. The fraction of sp³-hybridized carbons (Fsp3) is 0.278. The van der Waals surface area contributed by atoms with E-state index in [1.54, 1.807) is 36.4 Å². The van der Waals surface area contributed by atoms with Crippen LogP contribution in [0.1, 0.15) is 12.5 Å². The predicted octanol–water partition coefficient (Wildman–Crippen LogP) is 2.98. The minimum absolute atomic E-state index is 0.113. The van der Waals surface area contributed by atoms with Crippen LogP contribution in [0.25, 0.3) is 0 Å². The average Bonchev–Trinajstić information content (AvgIpc) is 2.57. The Bertz CT molecular complexity index is 693. The van der Waals surface area contributed by atoms with Gasteiger partial charge in [-0.15, -0.1) is 0 Å². The van der Waals surface area contributed by atoms with Crippen LogP contribution in [-0.4, -0.2) is 25.6 Å². The first-order valence-corrected chi connectivity index (χ1v) is 8.15. The lowest BCUT2D eigenvalue weighted by Gasteiger charge is -2.21. The highest BCUT2D eigenvalue weighted by Gasteiger charge is 2.22. The minimum atomic E-state index is -2.84. The van der Waals surface area contributed by atoms with Gasteiger partial charge in [0.2, 0.25) is 0 Å². The summed E-state index contributed by atoms with van der Waals surface area (Å²) in [5.74, 6) is 0.00223. The van der Waals surface area contributed by atoms with E-state index >= 15 is 0 Å². The van der Waals surface area contributed by atoms with Gasteiger partial charge in [0.1, 0.15) is 12.3 Å². The van der Waals surface area contributed by atoms with Gasteiger partial charge in [-0.2, -0.15) is 8.78 Å². The quantitative estimate of drug-likeness (QED) is 0.788. The number of hydrogen-bond acceptors (Lipinski definition) is 2. The summed E-state index contributed by atoms with van der Waals surface area (Å²) in [4.78, 5) is 13.3. The molecule has 0 saturated carbocycles. The van der Waals surface area contributed by atoms with Crippen LogP contribution in [-0.2, 0) is 11.3 Å². The Labute approximate surface area is 150 Å². The van der Waals surface area contributed by atoms with Crippen LogP contribution >= 0.6 is 11.6 Å². The molecule has 25 heavy (non-hydrogen) atoms. The molecular weight excluding hydrogens is 350 g/mol. The van der Waals surface area contributed by atoms with Crippen LogP contribution in [0.15, 0.2) is 48.5 Å². The number of carbonyl (C=O) groups is 1. The molecule has 0 heterocycles. The number of alkyl halides is 2. The summed E-state index contributed by atoms with van der Waals surface area (Å²) in [6, 6.07) is 13.0. The van der Waals surface area contributed by atoms with Gasteiger partial charge >= 0.3 is 6.61 Å². The van der Waals surface area contributed by atoms with Crippen LogP contribution in [0.2, 0.25) is 5.02 Å². The van der Waals surface area contributed by atoms with Crippen molar-refractivity contribution in [1.82, 2.24) is 0 Å². The zero-order valence-corrected chi connectivity index (χ0v) is 14.7. The van der Waals surface area contributed by atoms with E-state index < -0.39 is 6.61 Å². The number of quaternary nitrogens is 1. The summed E-state index contributed by atoms with van der Waals surface area (Å²) in [6.45, 7) is -0.435. The fourth-order valence-corrected chi connectivity index (χ4v) is 2.40. The second kappa shape index (κ2) is 8.78. The van der Waals surface area contributed by atoms with E-state index in [-0.39, 0.29) is 17.7 Å². The van der Waals surface area contributed by atoms with E-state index in [4.69, 9.17) is 11.6 Å². The van der Waals surface area contributed by atoms with Crippen LogP contribution in [0.3, 0.4) is 0 Å². The van der Waals surface area contributed by atoms with Crippen molar-refractivity contribution in [1.29, 1.82) is 0 Å². The molecule has 0 bridgehead atoms. The molecule has 134 valence electrons. The largest absolute Gasteiger partial charge is 0.435 e. The van der Waals surface area contributed by atoms with Crippen LogP contribution in [0.4, 0.5) is 14.5 Å². The maximum absolute atomic E-state index is 12.3. The third-order valence-electron chi connectivity index (χ3n) is 3.88. The van der Waals surface area contributed by atoms with Crippen molar-refractivity contribution in [3.8, 4) is 5.75 Å². The van der Waals surface area contributed by atoms with Crippen molar-refractivity contribution in [2.45, 2.75) is 26.1 Å². The Morgan fingerprint density at radius 3 is 2.32 bits per heavy atom. The van der Waals surface area contributed by atoms with Crippen molar-refractivity contribution in [3.05, 3.63) is 59.1 Å². The number of likely N-dealkylation sites (N-methyl/N-ethyl adjacent to an activating group) is 1. The van der Waals surface area contributed by atoms with E-state index in [9.17, 15) is 13.6 Å². The normalized spacial score (nSPS) is 13.4. The van der Waals surface area contributed by atoms with Gasteiger partial charge < -0.3 is 15.0 Å². The molecule has 4 nitrogen and oxygen atoms in total. The molecule has 2 aromatic carbocycles. The first kappa shape index (κ1) is 19.1. The number of anilines is 1. The molecule has 0 aromatic heterocycles. The van der Waals surface area contributed by atoms with Crippen LogP contribution < -0.4 is 15.0 Å². The summed E-state index contributed by atoms with van der Waals surface area (Å²) in [7, 11) is 1.90. The van der Waals surface area contributed by atoms with E-state index in [0.29, 0.717) is 17.3 Å². The van der Waals surface area contributed by atoms with Gasteiger partial charge in [0.25, 0.3) is 5.91 Å². The third kappa shape index (κ3) is 5.99. The molecule has 1 unspecified atom stereocenters. The molecule has 0 spiro atoms. The van der Waals surface area contributed by atoms with Gasteiger partial charge in [0.15, 0.2) is 6.04 Å². The molecule has 0 aliphatic rings. The summed E-state index contributed by atoms with van der Waals surface area (Å²) in [6.07, 6.45) is 0. The summed E-state index contributed by atoms with van der Waals surface area (Å²) in [5, 5.41) is 3.45. The maximum atomic E-state index is 12.3. The third-order valence-corrected chi connectivity index (χ3v) is 4.13. The van der Waals surface area contributed by atoms with Gasteiger partial charge in [-0.05, 0) is 55.5 Å². The smallest absolute Gasteiger partial charge is 0.387 e. The predicted molar refractivity (Wildman–Crippen MR) is 93.2 cm³/mol. The monoisotopic (exact) mass is 369 g/mol. The van der Waals surface area contributed by atoms with E-state index in [1.165, 1.54) is 12.1 Å². The SMILES string of the molecule is C[C@H](C(=O)Nc1ccc(Cl)cc1)[NH+](C)Cc1ccc(OC(F)F)cc1. The molecule has 0 saturated heterocycles. The highest BCUT2D eigenvalue weighted by atomic mass is 35.5. The molecule has 7 heteroatoms. The Kier molecular flexibility index (Phi) is 6.73. The van der Waals surface area contributed by atoms with Gasteiger partial charge in [-0.25, -0.2) is 0 Å². The number of halogens is 3. The number of carbonyl (C=O) groups excluding carboxylic acids is 1. The second-order valence-corrected chi connectivity index (χ2v) is 6.20. The second-order valence-electron chi connectivity index (χ2n) is 5.76. The summed E-state index contributed by atoms with van der Waals surface area (Å²) < 4.78 is 28.6. The molecule has 2 N–H and O–H groups in total. The molecule has 0 fully saturated rings.